The minimum atomic E-state index is -0.514. The molecule has 5 atom stereocenters. The Morgan fingerprint density at radius 3 is 2.97 bits per heavy atom. The number of ether oxygens (including phenoxy) is 2. The number of nitrogens with zero attached hydrogens (tertiary/aromatic N) is 2. The van der Waals surface area contributed by atoms with Gasteiger partial charge in [-0.1, -0.05) is 54.0 Å². The van der Waals surface area contributed by atoms with Gasteiger partial charge in [0, 0.05) is 11.8 Å². The lowest BCUT2D eigenvalue weighted by atomic mass is 9.62. The Bertz CT molecular complexity index is 1200. The van der Waals surface area contributed by atoms with Crippen LogP contribution in [0.25, 0.3) is 11.8 Å². The quantitative estimate of drug-likeness (QED) is 0.592. The van der Waals surface area contributed by atoms with E-state index < -0.39 is 5.79 Å². The standard InChI is InChI=1S/C29H32N2O2/c1-19-8-10-24(11-9-19)31-27-15-23-7-4-12-29(28(23,2)16-22(27)17-30-31)32-18-25(33-29)13-20-5-3-6-21-14-26(20)21/h3,5-6,8-11,15,17,21,25-26H,4,7,12-14,16,18H2,1-2H3/t21?,25?,26?,28-,29?/m0/s1. The van der Waals surface area contributed by atoms with Crippen molar-refractivity contribution in [3.8, 4) is 5.69 Å². The molecule has 2 heterocycles. The summed E-state index contributed by atoms with van der Waals surface area (Å²) in [5.74, 6) is 1.03. The number of benzene rings is 1. The number of hydrogen-bond donors (Lipinski definition) is 0. The SMILES string of the molecule is Cc1ccc(-n2ncc3c2C=C2CCCC4(OCC(CC5=CC=CC6CC56)O4)[C@@]2(C)C3)cc1. The highest BCUT2D eigenvalue weighted by Gasteiger charge is 2.59. The van der Waals surface area contributed by atoms with E-state index in [1.807, 2.05) is 0 Å². The molecule has 7 rings (SSSR count). The van der Waals surface area contributed by atoms with Gasteiger partial charge in [-0.2, -0.15) is 5.10 Å². The van der Waals surface area contributed by atoms with Crippen molar-refractivity contribution >= 4 is 6.08 Å². The Labute approximate surface area is 196 Å². The molecule has 1 aliphatic heterocycles. The van der Waals surface area contributed by atoms with Crippen molar-refractivity contribution in [3.05, 3.63) is 76.7 Å². The molecule has 1 aromatic heterocycles. The third-order valence-corrected chi connectivity index (χ3v) is 8.83. The zero-order chi connectivity index (χ0) is 22.2. The third kappa shape index (κ3) is 3.00. The predicted octanol–water partition coefficient (Wildman–Crippen LogP) is 5.94. The van der Waals surface area contributed by atoms with Gasteiger partial charge < -0.3 is 9.47 Å². The first kappa shape index (κ1) is 20.0. The molecule has 4 heteroatoms. The Kier molecular flexibility index (Phi) is 4.26. The van der Waals surface area contributed by atoms with Gasteiger partial charge in [0.25, 0.3) is 0 Å². The van der Waals surface area contributed by atoms with Gasteiger partial charge in [-0.05, 0) is 74.6 Å². The van der Waals surface area contributed by atoms with Crippen molar-refractivity contribution in [1.82, 2.24) is 9.78 Å². The van der Waals surface area contributed by atoms with E-state index in [0.717, 1.165) is 49.6 Å². The monoisotopic (exact) mass is 440 g/mol. The summed E-state index contributed by atoms with van der Waals surface area (Å²) in [4.78, 5) is 0. The Morgan fingerprint density at radius 1 is 1.21 bits per heavy atom. The first-order chi connectivity index (χ1) is 16.0. The predicted molar refractivity (Wildman–Crippen MR) is 129 cm³/mol. The van der Waals surface area contributed by atoms with Crippen molar-refractivity contribution in [2.24, 2.45) is 17.3 Å². The first-order valence-electron chi connectivity index (χ1n) is 12.6. The van der Waals surface area contributed by atoms with Crippen LogP contribution in [-0.2, 0) is 15.9 Å². The molecule has 33 heavy (non-hydrogen) atoms. The van der Waals surface area contributed by atoms with Gasteiger partial charge in [-0.25, -0.2) is 4.68 Å². The van der Waals surface area contributed by atoms with Crippen LogP contribution < -0.4 is 0 Å². The summed E-state index contributed by atoms with van der Waals surface area (Å²) in [5.41, 5.74) is 7.78. The third-order valence-electron chi connectivity index (χ3n) is 8.83. The summed E-state index contributed by atoms with van der Waals surface area (Å²) in [6.45, 7) is 5.19. The highest BCUT2D eigenvalue weighted by molar-refractivity contribution is 5.62. The van der Waals surface area contributed by atoms with Gasteiger partial charge in [0.2, 0.25) is 0 Å². The maximum absolute atomic E-state index is 6.90. The molecule has 2 aromatic rings. The van der Waals surface area contributed by atoms with Crippen LogP contribution in [0, 0.1) is 24.2 Å². The van der Waals surface area contributed by atoms with E-state index in [1.165, 1.54) is 28.8 Å². The molecule has 3 fully saturated rings. The number of hydrogen-bond acceptors (Lipinski definition) is 3. The van der Waals surface area contributed by atoms with E-state index in [4.69, 9.17) is 14.6 Å². The molecule has 0 bridgehead atoms. The Hall–Kier alpha value is -2.43. The average molecular weight is 441 g/mol. The lowest BCUT2D eigenvalue weighted by Gasteiger charge is -2.51. The Morgan fingerprint density at radius 2 is 2.09 bits per heavy atom. The maximum atomic E-state index is 6.90. The second-order valence-corrected chi connectivity index (χ2v) is 11.0. The highest BCUT2D eigenvalue weighted by Crippen LogP contribution is 2.58. The molecule has 0 radical (unpaired) electrons. The van der Waals surface area contributed by atoms with Crippen molar-refractivity contribution in [2.45, 2.75) is 64.3 Å². The van der Waals surface area contributed by atoms with Crippen LogP contribution in [0.5, 0.6) is 0 Å². The van der Waals surface area contributed by atoms with Gasteiger partial charge in [0.1, 0.15) is 0 Å². The summed E-state index contributed by atoms with van der Waals surface area (Å²) in [6, 6.07) is 8.62. The van der Waals surface area contributed by atoms with Crippen LogP contribution in [0.1, 0.15) is 55.8 Å². The largest absolute Gasteiger partial charge is 0.346 e. The lowest BCUT2D eigenvalue weighted by Crippen LogP contribution is -2.53. The summed E-state index contributed by atoms with van der Waals surface area (Å²) in [6.07, 6.45) is 18.0. The molecular formula is C29H32N2O2. The van der Waals surface area contributed by atoms with Crippen molar-refractivity contribution in [1.29, 1.82) is 0 Å². The summed E-state index contributed by atoms with van der Waals surface area (Å²) in [7, 11) is 0. The molecule has 170 valence electrons. The van der Waals surface area contributed by atoms with Crippen LogP contribution in [0.2, 0.25) is 0 Å². The van der Waals surface area contributed by atoms with E-state index >= 15 is 0 Å². The minimum Gasteiger partial charge on any atom is -0.346 e. The maximum Gasteiger partial charge on any atom is 0.178 e. The molecule has 5 aliphatic rings. The molecule has 4 aliphatic carbocycles. The first-order valence-corrected chi connectivity index (χ1v) is 12.6. The number of rotatable bonds is 3. The fourth-order valence-electron chi connectivity index (χ4n) is 6.77. The lowest BCUT2D eigenvalue weighted by molar-refractivity contribution is -0.242. The fourth-order valence-corrected chi connectivity index (χ4v) is 6.77. The molecule has 1 spiro atoms. The van der Waals surface area contributed by atoms with Gasteiger partial charge >= 0.3 is 0 Å². The van der Waals surface area contributed by atoms with Crippen molar-refractivity contribution < 1.29 is 9.47 Å². The molecule has 0 amide bonds. The number of allylic oxidation sites excluding steroid dienone is 3. The number of aryl methyl sites for hydroxylation is 1. The smallest absolute Gasteiger partial charge is 0.178 e. The minimum absolute atomic E-state index is 0.142. The average Bonchev–Trinajstić information content (AvgIpc) is 3.35. The topological polar surface area (TPSA) is 36.3 Å². The molecular weight excluding hydrogens is 408 g/mol. The number of fused-ring (bicyclic) bond motifs is 4. The zero-order valence-electron chi connectivity index (χ0n) is 19.6. The molecule has 2 saturated carbocycles. The van der Waals surface area contributed by atoms with Crippen LogP contribution in [0.4, 0.5) is 0 Å². The number of aromatic nitrogens is 2. The fraction of sp³-hybridized carbons (Fsp3) is 0.483. The molecule has 4 nitrogen and oxygen atoms in total. The molecule has 4 unspecified atom stereocenters. The Balaban J connectivity index is 1.18. The summed E-state index contributed by atoms with van der Waals surface area (Å²) in [5, 5.41) is 4.78. The van der Waals surface area contributed by atoms with E-state index in [2.05, 4.69) is 73.3 Å². The highest BCUT2D eigenvalue weighted by atomic mass is 16.7. The summed E-state index contributed by atoms with van der Waals surface area (Å²) < 4.78 is 15.6. The molecule has 1 aromatic carbocycles. The van der Waals surface area contributed by atoms with Crippen LogP contribution >= 0.6 is 0 Å². The van der Waals surface area contributed by atoms with Gasteiger partial charge in [0.05, 0.1) is 30.3 Å². The van der Waals surface area contributed by atoms with Crippen molar-refractivity contribution in [3.63, 3.8) is 0 Å². The molecule has 0 N–H and O–H groups in total. The van der Waals surface area contributed by atoms with Gasteiger partial charge in [-0.3, -0.25) is 0 Å². The van der Waals surface area contributed by atoms with E-state index in [9.17, 15) is 0 Å². The second kappa shape index (κ2) is 7.04. The van der Waals surface area contributed by atoms with Crippen LogP contribution in [0.3, 0.4) is 0 Å². The van der Waals surface area contributed by atoms with E-state index in [1.54, 1.807) is 5.57 Å². The second-order valence-electron chi connectivity index (χ2n) is 11.0. The summed E-state index contributed by atoms with van der Waals surface area (Å²) >= 11 is 0. The van der Waals surface area contributed by atoms with E-state index in [-0.39, 0.29) is 11.5 Å². The van der Waals surface area contributed by atoms with Crippen LogP contribution in [0.15, 0.2) is 59.8 Å². The van der Waals surface area contributed by atoms with Gasteiger partial charge in [0.15, 0.2) is 5.79 Å². The van der Waals surface area contributed by atoms with Gasteiger partial charge in [-0.15, -0.1) is 0 Å². The zero-order valence-corrected chi connectivity index (χ0v) is 19.6. The van der Waals surface area contributed by atoms with Crippen molar-refractivity contribution in [2.75, 3.05) is 6.61 Å². The normalized spacial score (nSPS) is 36.1. The van der Waals surface area contributed by atoms with Crippen LogP contribution in [-0.4, -0.2) is 28.3 Å². The van der Waals surface area contributed by atoms with E-state index in [0.29, 0.717) is 6.61 Å². The molecule has 1 saturated heterocycles.